The fourth-order valence-electron chi connectivity index (χ4n) is 2.91. The highest BCUT2D eigenvalue weighted by Crippen LogP contribution is 2.22. The van der Waals surface area contributed by atoms with E-state index in [1.54, 1.807) is 0 Å². The molecule has 2 unspecified atom stereocenters. The zero-order chi connectivity index (χ0) is 14.0. The molecule has 5 heteroatoms. The molecule has 0 saturated carbocycles. The van der Waals surface area contributed by atoms with E-state index >= 15 is 0 Å². The Hall–Kier alpha value is -0.650. The molecule has 5 nitrogen and oxygen atoms in total. The van der Waals surface area contributed by atoms with E-state index < -0.39 is 12.1 Å². The summed E-state index contributed by atoms with van der Waals surface area (Å²) in [5.74, 6) is -0.819. The molecule has 2 aliphatic rings. The molecule has 0 bridgehead atoms. The lowest BCUT2D eigenvalue weighted by Crippen LogP contribution is -2.54. The van der Waals surface area contributed by atoms with Crippen LogP contribution >= 0.6 is 0 Å². The van der Waals surface area contributed by atoms with Crippen LogP contribution in [0.5, 0.6) is 0 Å². The van der Waals surface area contributed by atoms with Gasteiger partial charge in [0.05, 0.1) is 6.10 Å². The molecule has 0 aromatic carbocycles. The largest absolute Gasteiger partial charge is 0.479 e. The first kappa shape index (κ1) is 14.8. The molecular weight excluding hydrogens is 244 g/mol. The van der Waals surface area contributed by atoms with Crippen LogP contribution in [-0.2, 0) is 9.53 Å². The molecule has 19 heavy (non-hydrogen) atoms. The lowest BCUT2D eigenvalue weighted by atomic mass is 10.0. The predicted octanol–water partition coefficient (Wildman–Crippen LogP) is 1.03. The van der Waals surface area contributed by atoms with Crippen LogP contribution in [0.4, 0.5) is 0 Å². The smallest absolute Gasteiger partial charge is 0.332 e. The van der Waals surface area contributed by atoms with Gasteiger partial charge in [0.2, 0.25) is 0 Å². The van der Waals surface area contributed by atoms with Crippen LogP contribution in [0.3, 0.4) is 0 Å². The Morgan fingerprint density at radius 3 is 2.32 bits per heavy atom. The monoisotopic (exact) mass is 270 g/mol. The maximum atomic E-state index is 10.8. The minimum Gasteiger partial charge on any atom is -0.479 e. The summed E-state index contributed by atoms with van der Waals surface area (Å²) >= 11 is 0. The Balaban J connectivity index is 1.73. The highest BCUT2D eigenvalue weighted by Gasteiger charge is 2.33. The van der Waals surface area contributed by atoms with E-state index in [1.165, 1.54) is 0 Å². The summed E-state index contributed by atoms with van der Waals surface area (Å²) in [5, 5.41) is 8.92. The molecule has 0 spiro atoms. The van der Waals surface area contributed by atoms with Crippen LogP contribution in [-0.4, -0.2) is 71.3 Å². The summed E-state index contributed by atoms with van der Waals surface area (Å²) in [6.45, 7) is 11.9. The molecule has 0 radical (unpaired) electrons. The number of nitrogens with zero attached hydrogens (tertiary/aromatic N) is 2. The van der Waals surface area contributed by atoms with Gasteiger partial charge in [-0.05, 0) is 33.6 Å². The zero-order valence-electron chi connectivity index (χ0n) is 12.3. The van der Waals surface area contributed by atoms with Gasteiger partial charge in [-0.25, -0.2) is 4.79 Å². The predicted molar refractivity (Wildman–Crippen MR) is 73.3 cm³/mol. The van der Waals surface area contributed by atoms with E-state index in [0.717, 1.165) is 39.1 Å². The van der Waals surface area contributed by atoms with Crippen molar-refractivity contribution >= 4 is 5.97 Å². The number of hydrogen-bond acceptors (Lipinski definition) is 4. The van der Waals surface area contributed by atoms with Crippen LogP contribution < -0.4 is 0 Å². The molecule has 110 valence electrons. The Morgan fingerprint density at radius 2 is 1.84 bits per heavy atom. The average molecular weight is 270 g/mol. The summed E-state index contributed by atoms with van der Waals surface area (Å²) in [6.07, 6.45) is 1.04. The van der Waals surface area contributed by atoms with Crippen LogP contribution in [0.1, 0.15) is 33.6 Å². The van der Waals surface area contributed by atoms with Gasteiger partial charge in [0.1, 0.15) is 0 Å². The second kappa shape index (κ2) is 5.77. The van der Waals surface area contributed by atoms with Crippen molar-refractivity contribution in [2.75, 3.05) is 32.7 Å². The summed E-state index contributed by atoms with van der Waals surface area (Å²) < 4.78 is 5.56. The van der Waals surface area contributed by atoms with Gasteiger partial charge in [-0.15, -0.1) is 0 Å². The van der Waals surface area contributed by atoms with E-state index in [2.05, 4.69) is 30.6 Å². The Bertz CT molecular complexity index is 319. The lowest BCUT2D eigenvalue weighted by molar-refractivity contribution is -0.149. The van der Waals surface area contributed by atoms with Crippen molar-refractivity contribution in [1.29, 1.82) is 0 Å². The Morgan fingerprint density at radius 1 is 1.21 bits per heavy atom. The van der Waals surface area contributed by atoms with E-state index in [0.29, 0.717) is 6.42 Å². The number of piperazine rings is 1. The van der Waals surface area contributed by atoms with Crippen molar-refractivity contribution in [1.82, 2.24) is 9.80 Å². The van der Waals surface area contributed by atoms with Crippen LogP contribution in [0, 0.1) is 0 Å². The van der Waals surface area contributed by atoms with Gasteiger partial charge in [-0.3, -0.25) is 9.80 Å². The molecule has 2 rings (SSSR count). The quantitative estimate of drug-likeness (QED) is 0.830. The van der Waals surface area contributed by atoms with Gasteiger partial charge < -0.3 is 9.84 Å². The molecule has 1 N–H and O–H groups in total. The maximum absolute atomic E-state index is 10.8. The van der Waals surface area contributed by atoms with Crippen LogP contribution in [0.15, 0.2) is 0 Å². The average Bonchev–Trinajstić information content (AvgIpc) is 2.77. The molecule has 2 fully saturated rings. The minimum absolute atomic E-state index is 0.0993. The standard InChI is InChI=1S/C14H26N2O3/c1-14(2,3)16-8-6-15(7-9-16)10-11-4-5-12(19-11)13(17)18/h11-12H,4-10H2,1-3H3,(H,17,18). The zero-order valence-corrected chi connectivity index (χ0v) is 12.3. The van der Waals surface area contributed by atoms with Crippen LogP contribution in [0.2, 0.25) is 0 Å². The molecule has 2 aliphatic heterocycles. The fraction of sp³-hybridized carbons (Fsp3) is 0.929. The molecule has 0 aliphatic carbocycles. The number of carboxylic acids is 1. The topological polar surface area (TPSA) is 53.0 Å². The summed E-state index contributed by atoms with van der Waals surface area (Å²) in [7, 11) is 0. The third-order valence-electron chi connectivity index (χ3n) is 4.17. The number of carbonyl (C=O) groups is 1. The van der Waals surface area contributed by atoms with E-state index in [4.69, 9.17) is 9.84 Å². The van der Waals surface area contributed by atoms with Crippen molar-refractivity contribution in [2.24, 2.45) is 0 Å². The molecule has 0 aromatic rings. The summed E-state index contributed by atoms with van der Waals surface area (Å²) in [4.78, 5) is 15.7. The fourth-order valence-corrected chi connectivity index (χ4v) is 2.91. The molecule has 2 heterocycles. The van der Waals surface area contributed by atoms with Gasteiger partial charge in [-0.1, -0.05) is 0 Å². The molecule has 2 atom stereocenters. The first-order valence-electron chi connectivity index (χ1n) is 7.22. The van der Waals surface area contributed by atoms with E-state index in [1.807, 2.05) is 0 Å². The first-order valence-corrected chi connectivity index (χ1v) is 7.22. The van der Waals surface area contributed by atoms with Gasteiger partial charge >= 0.3 is 5.97 Å². The highest BCUT2D eigenvalue weighted by atomic mass is 16.5. The molecule has 0 amide bonds. The number of aliphatic carboxylic acids is 1. The van der Waals surface area contributed by atoms with E-state index in [9.17, 15) is 4.79 Å². The SMILES string of the molecule is CC(C)(C)N1CCN(CC2CCC(C(=O)O)O2)CC1. The normalized spacial score (nSPS) is 30.7. The number of rotatable bonds is 3. The Labute approximate surface area is 115 Å². The van der Waals surface area contributed by atoms with Crippen molar-refractivity contribution < 1.29 is 14.6 Å². The van der Waals surface area contributed by atoms with Crippen molar-refractivity contribution in [3.05, 3.63) is 0 Å². The summed E-state index contributed by atoms with van der Waals surface area (Å²) in [6, 6.07) is 0. The third kappa shape index (κ3) is 3.91. The number of hydrogen-bond donors (Lipinski definition) is 1. The highest BCUT2D eigenvalue weighted by molar-refractivity contribution is 5.72. The van der Waals surface area contributed by atoms with Gasteiger partial charge in [0.25, 0.3) is 0 Å². The number of ether oxygens (including phenoxy) is 1. The summed E-state index contributed by atoms with van der Waals surface area (Å²) in [5.41, 5.74) is 0.240. The Kier molecular flexibility index (Phi) is 4.48. The van der Waals surface area contributed by atoms with Crippen molar-refractivity contribution in [3.8, 4) is 0 Å². The molecule has 2 saturated heterocycles. The van der Waals surface area contributed by atoms with Gasteiger partial charge in [-0.2, -0.15) is 0 Å². The van der Waals surface area contributed by atoms with Crippen molar-refractivity contribution in [3.63, 3.8) is 0 Å². The molecule has 0 aromatic heterocycles. The van der Waals surface area contributed by atoms with Crippen LogP contribution in [0.25, 0.3) is 0 Å². The minimum atomic E-state index is -0.819. The second-order valence-corrected chi connectivity index (χ2v) is 6.62. The lowest BCUT2D eigenvalue weighted by Gasteiger charge is -2.42. The third-order valence-corrected chi connectivity index (χ3v) is 4.17. The second-order valence-electron chi connectivity index (χ2n) is 6.62. The van der Waals surface area contributed by atoms with Gasteiger partial charge in [0.15, 0.2) is 6.10 Å². The maximum Gasteiger partial charge on any atom is 0.332 e. The molecular formula is C14H26N2O3. The first-order chi connectivity index (χ1) is 8.86. The van der Waals surface area contributed by atoms with Gasteiger partial charge in [0, 0.05) is 38.3 Å². The number of carboxylic acid groups (broad SMARTS) is 1. The van der Waals surface area contributed by atoms with E-state index in [-0.39, 0.29) is 11.6 Å². The van der Waals surface area contributed by atoms with Crippen molar-refractivity contribution in [2.45, 2.75) is 51.4 Å².